The van der Waals surface area contributed by atoms with Crippen LogP contribution < -0.4 is 5.32 Å². The minimum Gasteiger partial charge on any atom is -0.347 e. The van der Waals surface area contributed by atoms with Crippen LogP contribution in [0.4, 0.5) is 18.9 Å². The molecule has 120 valence electrons. The molecule has 0 saturated carbocycles. The Hall–Kier alpha value is -1.53. The van der Waals surface area contributed by atoms with Crippen molar-refractivity contribution in [2.45, 2.75) is 25.6 Å². The number of alkyl halides is 3. The molecule has 0 saturated heterocycles. The lowest BCUT2D eigenvalue weighted by Crippen LogP contribution is -2.43. The van der Waals surface area contributed by atoms with Gasteiger partial charge in [-0.2, -0.15) is 13.2 Å². The summed E-state index contributed by atoms with van der Waals surface area (Å²) in [5.41, 5.74) is -2.90. The van der Waals surface area contributed by atoms with Gasteiger partial charge in [0.2, 0.25) is 11.5 Å². The summed E-state index contributed by atoms with van der Waals surface area (Å²) in [6.45, 7) is 2.80. The first-order valence-electron chi connectivity index (χ1n) is 6.65. The van der Waals surface area contributed by atoms with Crippen LogP contribution in [-0.4, -0.2) is 18.7 Å². The number of rotatable bonds is 2. The van der Waals surface area contributed by atoms with Gasteiger partial charge in [-0.3, -0.25) is 4.79 Å². The van der Waals surface area contributed by atoms with E-state index in [2.05, 4.69) is 5.32 Å². The molecule has 1 heterocycles. The van der Waals surface area contributed by atoms with Crippen molar-refractivity contribution in [2.24, 2.45) is 5.92 Å². The second kappa shape index (κ2) is 5.93. The van der Waals surface area contributed by atoms with Crippen molar-refractivity contribution in [1.82, 2.24) is 0 Å². The Balaban J connectivity index is 2.72. The fourth-order valence-corrected chi connectivity index (χ4v) is 2.34. The molecule has 0 aromatic heterocycles. The molecule has 0 spiro atoms. The topological polar surface area (TPSA) is 38.3 Å². The minimum absolute atomic E-state index is 0.0395. The molecular formula is C15H15ClF3NO2. The van der Waals surface area contributed by atoms with Crippen molar-refractivity contribution in [3.05, 3.63) is 40.9 Å². The van der Waals surface area contributed by atoms with Crippen LogP contribution in [0.2, 0.25) is 5.02 Å². The Morgan fingerprint density at radius 2 is 2.09 bits per heavy atom. The molecule has 1 N–H and O–H groups in total. The standard InChI is InChI=1S/C15H15ClF3NO2/c1-9(2)5-6-14(15(17,18)19)11-7-10(16)3-4-12(11)20-13(21)8-22-14/h3-7,9H,8H2,1-2H3,(H,20,21)/b6-5+. The van der Waals surface area contributed by atoms with Crippen LogP contribution in [0.5, 0.6) is 0 Å². The average Bonchev–Trinajstić information content (AvgIpc) is 2.53. The number of ether oxygens (including phenoxy) is 1. The van der Waals surface area contributed by atoms with Gasteiger partial charge in [0.05, 0.1) is 0 Å². The lowest BCUT2D eigenvalue weighted by Gasteiger charge is -2.33. The highest BCUT2D eigenvalue weighted by Gasteiger charge is 2.58. The molecule has 2 rings (SSSR count). The summed E-state index contributed by atoms with van der Waals surface area (Å²) in [6.07, 6.45) is -2.40. The van der Waals surface area contributed by atoms with Crippen LogP contribution in [-0.2, 0) is 15.1 Å². The minimum atomic E-state index is -4.75. The SMILES string of the molecule is CC(C)/C=C/C1(C(F)(F)F)OCC(=O)Nc2ccc(Cl)cc21. The van der Waals surface area contributed by atoms with E-state index in [1.54, 1.807) is 13.8 Å². The summed E-state index contributed by atoms with van der Waals surface area (Å²) in [5, 5.41) is 2.54. The van der Waals surface area contributed by atoms with E-state index in [1.165, 1.54) is 24.3 Å². The van der Waals surface area contributed by atoms with Crippen molar-refractivity contribution in [3.63, 3.8) is 0 Å². The van der Waals surface area contributed by atoms with Crippen LogP contribution in [0.25, 0.3) is 0 Å². The third kappa shape index (κ3) is 3.13. The Morgan fingerprint density at radius 3 is 2.68 bits per heavy atom. The van der Waals surface area contributed by atoms with Gasteiger partial charge in [0.25, 0.3) is 0 Å². The highest BCUT2D eigenvalue weighted by atomic mass is 35.5. The lowest BCUT2D eigenvalue weighted by molar-refractivity contribution is -0.260. The fraction of sp³-hybridized carbons (Fsp3) is 0.400. The number of hydrogen-bond acceptors (Lipinski definition) is 2. The van der Waals surface area contributed by atoms with E-state index in [0.717, 1.165) is 6.08 Å². The van der Waals surface area contributed by atoms with Crippen molar-refractivity contribution < 1.29 is 22.7 Å². The average molecular weight is 334 g/mol. The van der Waals surface area contributed by atoms with Gasteiger partial charge in [0.1, 0.15) is 6.61 Å². The summed E-state index contributed by atoms with van der Waals surface area (Å²) in [6, 6.07) is 3.92. The van der Waals surface area contributed by atoms with Crippen molar-refractivity contribution >= 4 is 23.2 Å². The Labute approximate surface area is 131 Å². The van der Waals surface area contributed by atoms with Crippen LogP contribution in [0.1, 0.15) is 19.4 Å². The van der Waals surface area contributed by atoms with Crippen LogP contribution in [0.15, 0.2) is 30.4 Å². The Morgan fingerprint density at radius 1 is 1.41 bits per heavy atom. The number of carbonyl (C=O) groups excluding carboxylic acids is 1. The number of carbonyl (C=O) groups is 1. The molecule has 1 aliphatic heterocycles. The van der Waals surface area contributed by atoms with Crippen LogP contribution in [0.3, 0.4) is 0 Å². The quantitative estimate of drug-likeness (QED) is 0.820. The maximum Gasteiger partial charge on any atom is 0.425 e. The molecule has 1 aromatic carbocycles. The number of fused-ring (bicyclic) bond motifs is 1. The third-order valence-corrected chi connectivity index (χ3v) is 3.46. The molecular weight excluding hydrogens is 319 g/mol. The zero-order chi connectivity index (χ0) is 16.5. The van der Waals surface area contributed by atoms with Gasteiger partial charge < -0.3 is 10.1 Å². The van der Waals surface area contributed by atoms with Crippen LogP contribution >= 0.6 is 11.6 Å². The first-order valence-corrected chi connectivity index (χ1v) is 7.03. The molecule has 0 fully saturated rings. The molecule has 22 heavy (non-hydrogen) atoms. The number of nitrogens with one attached hydrogen (secondary N) is 1. The first kappa shape index (κ1) is 16.8. The maximum absolute atomic E-state index is 13.8. The number of halogens is 4. The highest BCUT2D eigenvalue weighted by molar-refractivity contribution is 6.30. The predicted molar refractivity (Wildman–Crippen MR) is 77.7 cm³/mol. The normalized spacial score (nSPS) is 22.6. The van der Waals surface area contributed by atoms with E-state index in [1.807, 2.05) is 0 Å². The molecule has 0 bridgehead atoms. The number of allylic oxidation sites excluding steroid dienone is 1. The monoisotopic (exact) mass is 333 g/mol. The van der Waals surface area contributed by atoms with Gasteiger partial charge in [-0.15, -0.1) is 0 Å². The predicted octanol–water partition coefficient (Wildman–Crippen LogP) is 4.28. The van der Waals surface area contributed by atoms with E-state index >= 15 is 0 Å². The lowest BCUT2D eigenvalue weighted by atomic mass is 9.89. The van der Waals surface area contributed by atoms with Gasteiger partial charge in [-0.1, -0.05) is 31.5 Å². The molecule has 1 unspecified atom stereocenters. The van der Waals surface area contributed by atoms with Crippen molar-refractivity contribution in [1.29, 1.82) is 0 Å². The van der Waals surface area contributed by atoms with E-state index in [-0.39, 0.29) is 22.2 Å². The number of amides is 1. The largest absolute Gasteiger partial charge is 0.425 e. The smallest absolute Gasteiger partial charge is 0.347 e. The Kier molecular flexibility index (Phi) is 4.54. The first-order chi connectivity index (χ1) is 10.2. The van der Waals surface area contributed by atoms with E-state index in [9.17, 15) is 18.0 Å². The highest BCUT2D eigenvalue weighted by Crippen LogP contribution is 2.48. The molecule has 7 heteroatoms. The molecule has 1 aromatic rings. The summed E-state index contributed by atoms with van der Waals surface area (Å²) in [5.74, 6) is -0.759. The van der Waals surface area contributed by atoms with E-state index < -0.39 is 24.3 Å². The molecule has 1 atom stereocenters. The summed E-state index contributed by atoms with van der Waals surface area (Å²) < 4.78 is 46.4. The summed E-state index contributed by atoms with van der Waals surface area (Å²) in [4.78, 5) is 11.6. The zero-order valence-electron chi connectivity index (χ0n) is 12.0. The van der Waals surface area contributed by atoms with Crippen LogP contribution in [0, 0.1) is 5.92 Å². The summed E-state index contributed by atoms with van der Waals surface area (Å²) >= 11 is 5.85. The van der Waals surface area contributed by atoms with E-state index in [4.69, 9.17) is 16.3 Å². The van der Waals surface area contributed by atoms with Crippen molar-refractivity contribution in [3.8, 4) is 0 Å². The zero-order valence-corrected chi connectivity index (χ0v) is 12.8. The molecule has 0 aliphatic carbocycles. The molecule has 1 aliphatic rings. The maximum atomic E-state index is 13.8. The summed E-state index contributed by atoms with van der Waals surface area (Å²) in [7, 11) is 0. The second-order valence-corrected chi connectivity index (χ2v) is 5.80. The molecule has 3 nitrogen and oxygen atoms in total. The van der Waals surface area contributed by atoms with Gasteiger partial charge in [-0.05, 0) is 30.2 Å². The van der Waals surface area contributed by atoms with Gasteiger partial charge in [0, 0.05) is 16.3 Å². The fourth-order valence-electron chi connectivity index (χ4n) is 2.17. The second-order valence-electron chi connectivity index (χ2n) is 5.36. The third-order valence-electron chi connectivity index (χ3n) is 3.22. The Bertz CT molecular complexity index is 613. The molecule has 0 radical (unpaired) electrons. The van der Waals surface area contributed by atoms with Gasteiger partial charge in [-0.25, -0.2) is 0 Å². The van der Waals surface area contributed by atoms with Gasteiger partial charge in [0.15, 0.2) is 0 Å². The van der Waals surface area contributed by atoms with Crippen molar-refractivity contribution in [2.75, 3.05) is 11.9 Å². The number of benzene rings is 1. The number of anilines is 1. The van der Waals surface area contributed by atoms with Gasteiger partial charge >= 0.3 is 6.18 Å². The van der Waals surface area contributed by atoms with E-state index in [0.29, 0.717) is 0 Å². The number of hydrogen-bond donors (Lipinski definition) is 1. The molecule has 1 amide bonds.